The molecule has 8 heteroatoms. The van der Waals surface area contributed by atoms with E-state index >= 15 is 0 Å². The Bertz CT molecular complexity index is 1060. The smallest absolute Gasteiger partial charge is 0.407 e. The Hall–Kier alpha value is -2.61. The molecule has 8 nitrogen and oxygen atoms in total. The highest BCUT2D eigenvalue weighted by molar-refractivity contribution is 5.89. The standard InChI is InChI=1S/C35H57N3O5/c1-8-24(4)31(33(41)38-19-18-26-16-12-13-17-27(26)22-38)37-32(40)28(23(2)3)21-30(39)29(20-25-14-10-9-11-15-25)36-34(42)43-35(5,6)7/h12-13,16-17,23-25,28-31,39H,8-11,14-15,18-22H2,1-7H3,(H,36,42)(H,37,40)/t24-,28-,29-,30-,31-/m0/s1. The van der Waals surface area contributed by atoms with Crippen LogP contribution < -0.4 is 10.6 Å². The van der Waals surface area contributed by atoms with E-state index in [-0.39, 0.29) is 30.1 Å². The predicted molar refractivity (Wildman–Crippen MR) is 170 cm³/mol. The van der Waals surface area contributed by atoms with E-state index in [1.165, 1.54) is 12.0 Å². The average Bonchev–Trinajstić information content (AvgIpc) is 2.96. The third kappa shape index (κ3) is 10.5. The van der Waals surface area contributed by atoms with Crippen LogP contribution in [0.2, 0.25) is 0 Å². The van der Waals surface area contributed by atoms with Crippen molar-refractivity contribution in [2.45, 2.75) is 137 Å². The number of nitrogens with zero attached hydrogens (tertiary/aromatic N) is 1. The van der Waals surface area contributed by atoms with Gasteiger partial charge < -0.3 is 25.4 Å². The average molecular weight is 600 g/mol. The zero-order chi connectivity index (χ0) is 31.7. The van der Waals surface area contributed by atoms with Crippen LogP contribution in [0, 0.1) is 23.7 Å². The van der Waals surface area contributed by atoms with Crippen LogP contribution in [-0.4, -0.2) is 58.2 Å². The SMILES string of the molecule is CC[C@H](C)[C@H](NC(=O)[C@@H](C[C@H](O)[C@H](CC1CCCCC1)NC(=O)OC(C)(C)C)C(C)C)C(=O)N1CCc2ccccc2C1. The molecular formula is C35H57N3O5. The van der Waals surface area contributed by atoms with Gasteiger partial charge in [0, 0.05) is 19.0 Å². The van der Waals surface area contributed by atoms with Gasteiger partial charge >= 0.3 is 6.09 Å². The van der Waals surface area contributed by atoms with Crippen molar-refractivity contribution in [3.8, 4) is 0 Å². The predicted octanol–water partition coefficient (Wildman–Crippen LogP) is 5.99. The summed E-state index contributed by atoms with van der Waals surface area (Å²) in [5, 5.41) is 17.6. The van der Waals surface area contributed by atoms with Crippen LogP contribution in [0.25, 0.3) is 0 Å². The maximum absolute atomic E-state index is 13.9. The van der Waals surface area contributed by atoms with E-state index in [2.05, 4.69) is 22.8 Å². The van der Waals surface area contributed by atoms with Gasteiger partial charge in [-0.1, -0.05) is 90.5 Å². The van der Waals surface area contributed by atoms with Gasteiger partial charge in [-0.2, -0.15) is 0 Å². The Labute approximate surface area is 259 Å². The molecule has 1 heterocycles. The first kappa shape index (κ1) is 34.9. The van der Waals surface area contributed by atoms with Gasteiger partial charge in [0.2, 0.25) is 11.8 Å². The summed E-state index contributed by atoms with van der Waals surface area (Å²) in [5.74, 6) is -0.497. The molecule has 1 aliphatic carbocycles. The van der Waals surface area contributed by atoms with Crippen molar-refractivity contribution in [3.05, 3.63) is 35.4 Å². The van der Waals surface area contributed by atoms with Crippen LogP contribution in [0.15, 0.2) is 24.3 Å². The lowest BCUT2D eigenvalue weighted by molar-refractivity contribution is -0.140. The molecule has 0 radical (unpaired) electrons. The number of carbonyl (C=O) groups excluding carboxylic acids is 3. The third-order valence-electron chi connectivity index (χ3n) is 9.33. The third-order valence-corrected chi connectivity index (χ3v) is 9.33. The zero-order valence-corrected chi connectivity index (χ0v) is 27.7. The molecule has 3 amide bonds. The molecule has 3 N–H and O–H groups in total. The van der Waals surface area contributed by atoms with Gasteiger partial charge in [-0.15, -0.1) is 0 Å². The van der Waals surface area contributed by atoms with Crippen LogP contribution in [0.3, 0.4) is 0 Å². The largest absolute Gasteiger partial charge is 0.444 e. The number of rotatable bonds is 12. The van der Waals surface area contributed by atoms with E-state index in [4.69, 9.17) is 4.74 Å². The Morgan fingerprint density at radius 3 is 2.28 bits per heavy atom. The summed E-state index contributed by atoms with van der Waals surface area (Å²) in [5.41, 5.74) is 1.77. The maximum Gasteiger partial charge on any atom is 0.407 e. The van der Waals surface area contributed by atoms with Gasteiger partial charge in [-0.3, -0.25) is 9.59 Å². The molecule has 3 rings (SSSR count). The normalized spacial score (nSPS) is 19.5. The van der Waals surface area contributed by atoms with Crippen molar-refractivity contribution in [2.24, 2.45) is 23.7 Å². The first-order valence-corrected chi connectivity index (χ1v) is 16.6. The molecular weight excluding hydrogens is 542 g/mol. The molecule has 1 aromatic carbocycles. The summed E-state index contributed by atoms with van der Waals surface area (Å²) in [7, 11) is 0. The maximum atomic E-state index is 13.9. The molecule has 0 unspecified atom stereocenters. The number of nitrogens with one attached hydrogen (secondary N) is 2. The topological polar surface area (TPSA) is 108 Å². The minimum absolute atomic E-state index is 0.0424. The number of aliphatic hydroxyl groups is 1. The molecule has 242 valence electrons. The van der Waals surface area contributed by atoms with E-state index in [1.807, 2.05) is 65.5 Å². The molecule has 0 bridgehead atoms. The van der Waals surface area contributed by atoms with Crippen LogP contribution in [0.4, 0.5) is 4.79 Å². The summed E-state index contributed by atoms with van der Waals surface area (Å²) in [6.07, 6.45) is 6.60. The Morgan fingerprint density at radius 1 is 1.02 bits per heavy atom. The fraction of sp³-hybridized carbons (Fsp3) is 0.743. The molecule has 2 aliphatic rings. The molecule has 1 aliphatic heterocycles. The number of carbonyl (C=O) groups is 3. The summed E-state index contributed by atoms with van der Waals surface area (Å²) < 4.78 is 5.52. The summed E-state index contributed by atoms with van der Waals surface area (Å²) >= 11 is 0. The number of alkyl carbamates (subject to hydrolysis) is 1. The van der Waals surface area contributed by atoms with Crippen molar-refractivity contribution in [3.63, 3.8) is 0 Å². The minimum atomic E-state index is -0.927. The lowest BCUT2D eigenvalue weighted by Gasteiger charge is -2.36. The first-order chi connectivity index (χ1) is 20.3. The lowest BCUT2D eigenvalue weighted by Crippen LogP contribution is -2.55. The van der Waals surface area contributed by atoms with Crippen molar-refractivity contribution in [1.29, 1.82) is 0 Å². The number of ether oxygens (including phenoxy) is 1. The van der Waals surface area contributed by atoms with Crippen LogP contribution in [0.1, 0.15) is 111 Å². The summed E-state index contributed by atoms with van der Waals surface area (Å²) in [6.45, 7) is 14.6. The van der Waals surface area contributed by atoms with E-state index in [0.29, 0.717) is 25.4 Å². The molecule has 0 saturated heterocycles. The van der Waals surface area contributed by atoms with Gasteiger partial charge in [-0.05, 0) is 68.9 Å². The Kier molecular flexibility index (Phi) is 12.9. The van der Waals surface area contributed by atoms with Crippen molar-refractivity contribution in [1.82, 2.24) is 15.5 Å². The van der Waals surface area contributed by atoms with Gasteiger partial charge in [0.05, 0.1) is 12.1 Å². The van der Waals surface area contributed by atoms with Crippen molar-refractivity contribution in [2.75, 3.05) is 6.54 Å². The fourth-order valence-corrected chi connectivity index (χ4v) is 6.48. The number of benzene rings is 1. The van der Waals surface area contributed by atoms with E-state index < -0.39 is 35.8 Å². The number of hydrogen-bond donors (Lipinski definition) is 3. The second-order valence-corrected chi connectivity index (χ2v) is 14.3. The molecule has 5 atom stereocenters. The molecule has 43 heavy (non-hydrogen) atoms. The second-order valence-electron chi connectivity index (χ2n) is 14.3. The van der Waals surface area contributed by atoms with Gasteiger partial charge in [-0.25, -0.2) is 4.79 Å². The molecule has 1 saturated carbocycles. The minimum Gasteiger partial charge on any atom is -0.444 e. The second kappa shape index (κ2) is 15.9. The summed E-state index contributed by atoms with van der Waals surface area (Å²) in [4.78, 5) is 42.3. The monoisotopic (exact) mass is 599 g/mol. The molecule has 1 fully saturated rings. The highest BCUT2D eigenvalue weighted by Crippen LogP contribution is 2.30. The van der Waals surface area contributed by atoms with Gasteiger partial charge in [0.25, 0.3) is 0 Å². The van der Waals surface area contributed by atoms with E-state index in [0.717, 1.165) is 44.1 Å². The van der Waals surface area contributed by atoms with Gasteiger partial charge in [0.1, 0.15) is 11.6 Å². The molecule has 0 aromatic heterocycles. The van der Waals surface area contributed by atoms with Crippen LogP contribution in [-0.2, 0) is 27.3 Å². The fourth-order valence-electron chi connectivity index (χ4n) is 6.48. The summed E-state index contributed by atoms with van der Waals surface area (Å²) in [6, 6.07) is 7.05. The number of hydrogen-bond acceptors (Lipinski definition) is 5. The number of aliphatic hydroxyl groups excluding tert-OH is 1. The number of amides is 3. The zero-order valence-electron chi connectivity index (χ0n) is 27.7. The first-order valence-electron chi connectivity index (χ1n) is 16.6. The quantitative estimate of drug-likeness (QED) is 0.274. The molecule has 1 aromatic rings. The highest BCUT2D eigenvalue weighted by atomic mass is 16.6. The van der Waals surface area contributed by atoms with E-state index in [1.54, 1.807) is 0 Å². The molecule has 0 spiro atoms. The van der Waals surface area contributed by atoms with Crippen molar-refractivity contribution >= 4 is 17.9 Å². The Balaban J connectivity index is 1.73. The van der Waals surface area contributed by atoms with Crippen LogP contribution in [0.5, 0.6) is 0 Å². The highest BCUT2D eigenvalue weighted by Gasteiger charge is 2.37. The van der Waals surface area contributed by atoms with Gasteiger partial charge in [0.15, 0.2) is 0 Å². The lowest BCUT2D eigenvalue weighted by atomic mass is 9.81. The number of fused-ring (bicyclic) bond motifs is 1. The van der Waals surface area contributed by atoms with E-state index in [9.17, 15) is 19.5 Å². The Morgan fingerprint density at radius 2 is 1.67 bits per heavy atom. The van der Waals surface area contributed by atoms with Crippen molar-refractivity contribution < 1.29 is 24.2 Å². The van der Waals surface area contributed by atoms with Crippen LogP contribution >= 0.6 is 0 Å².